The van der Waals surface area contributed by atoms with Crippen LogP contribution < -0.4 is 14.2 Å². The summed E-state index contributed by atoms with van der Waals surface area (Å²) in [6.45, 7) is 10.6. The van der Waals surface area contributed by atoms with Gasteiger partial charge in [-0.2, -0.15) is 0 Å². The first kappa shape index (κ1) is 69.7. The van der Waals surface area contributed by atoms with Gasteiger partial charge in [-0.05, 0) is 12.1 Å². The number of hydrogen-bond donors (Lipinski definition) is 5. The zero-order valence-electron chi connectivity index (χ0n) is 45.8. The molecule has 3 rings (SSSR count). The van der Waals surface area contributed by atoms with Crippen molar-refractivity contribution in [2.45, 2.75) is 43.9 Å². The van der Waals surface area contributed by atoms with Crippen molar-refractivity contribution in [1.82, 2.24) is 15.0 Å². The first-order valence-electron chi connectivity index (χ1n) is 26.4. The molecule has 2 aromatic rings. The largest absolute Gasteiger partial charge is 0.487 e. The molecule has 0 aliphatic carbocycles. The number of aliphatic hydroxyl groups excluding tert-OH is 4. The lowest BCUT2D eigenvalue weighted by molar-refractivity contribution is -0.304. The Morgan fingerprint density at radius 1 is 0.494 bits per heavy atom. The Hall–Kier alpha value is -3.61. The molecule has 2 heterocycles. The second-order valence-electron chi connectivity index (χ2n) is 16.6. The molecular weight excluding hydrogens is 1060 g/mol. The minimum atomic E-state index is -1.53. The minimum Gasteiger partial charge on any atom is -0.487 e. The summed E-state index contributed by atoms with van der Waals surface area (Å²) in [4.78, 5) is 12.1. The van der Waals surface area contributed by atoms with Gasteiger partial charge in [-0.25, -0.2) is 9.48 Å². The van der Waals surface area contributed by atoms with Crippen LogP contribution in [0.5, 0.6) is 17.2 Å². The van der Waals surface area contributed by atoms with Crippen molar-refractivity contribution in [3.63, 3.8) is 0 Å². The number of ether oxygens (including phenoxy) is 20. The number of aliphatic hydroxyl groups is 4. The minimum absolute atomic E-state index is 0.0665. The normalized spacial score (nSPS) is 17.4. The van der Waals surface area contributed by atoms with E-state index in [1.807, 2.05) is 0 Å². The number of aromatic carboxylic acids is 1. The zero-order chi connectivity index (χ0) is 56.6. The number of hydrogen-bond acceptors (Lipinski definition) is 27. The first-order valence-corrected chi connectivity index (χ1v) is 26.4. The number of carboxylic acids is 1. The third-order valence-electron chi connectivity index (χ3n) is 10.6. The standard InChI is InChI=1S/C50H87N3O26/c1-60-5-7-63-11-13-66-17-20-69-23-26-72-29-32-75-42-35-40(49(58)59)36-43(76-33-30-73-27-24-70-21-18-67-14-12-64-8-6-61-2)48(42)77-34-31-74-28-25-71-22-19-68-16-15-65-10-9-62-4-3-53-37-41(51-52-53)39-78-50-47(57)46(56)45(55)44(38-54)79-50/h35-37,44-47,50,54-57H,3-34,38-39H2,1-2H3,(H,58,59)/t44-,45-,46+,47+,50+/m0/s1. The van der Waals surface area contributed by atoms with Gasteiger partial charge in [0, 0.05) is 14.2 Å². The Bertz CT molecular complexity index is 1680. The van der Waals surface area contributed by atoms with Gasteiger partial charge in [0.05, 0.1) is 217 Å². The maximum absolute atomic E-state index is 12.1. The van der Waals surface area contributed by atoms with Crippen LogP contribution in [0.15, 0.2) is 18.3 Å². The zero-order valence-corrected chi connectivity index (χ0v) is 45.8. The Labute approximate surface area is 461 Å². The summed E-state index contributed by atoms with van der Waals surface area (Å²) in [7, 11) is 3.23. The molecule has 0 amide bonds. The summed E-state index contributed by atoms with van der Waals surface area (Å²) in [5, 5.41) is 57.2. The van der Waals surface area contributed by atoms with Crippen LogP contribution in [0, 0.1) is 0 Å². The highest BCUT2D eigenvalue weighted by Crippen LogP contribution is 2.39. The van der Waals surface area contributed by atoms with E-state index in [1.54, 1.807) is 25.1 Å². The fourth-order valence-corrected chi connectivity index (χ4v) is 6.52. The number of nitrogens with zero attached hydrogens (tertiary/aromatic N) is 3. The maximum Gasteiger partial charge on any atom is 0.335 e. The van der Waals surface area contributed by atoms with Crippen LogP contribution in [0.3, 0.4) is 0 Å². The van der Waals surface area contributed by atoms with Crippen LogP contribution in [0.25, 0.3) is 0 Å². The molecule has 1 aliphatic rings. The third kappa shape index (κ3) is 33.8. The summed E-state index contributed by atoms with van der Waals surface area (Å²) in [6, 6.07) is 2.73. The number of carbonyl (C=O) groups is 1. The lowest BCUT2D eigenvalue weighted by atomic mass is 9.99. The van der Waals surface area contributed by atoms with Gasteiger partial charge < -0.3 is 120 Å². The van der Waals surface area contributed by atoms with Crippen molar-refractivity contribution in [3.05, 3.63) is 29.6 Å². The van der Waals surface area contributed by atoms with Crippen molar-refractivity contribution in [1.29, 1.82) is 0 Å². The number of benzene rings is 1. The Morgan fingerprint density at radius 3 is 1.22 bits per heavy atom. The van der Waals surface area contributed by atoms with E-state index < -0.39 is 43.3 Å². The molecule has 0 bridgehead atoms. The molecule has 5 atom stereocenters. The maximum atomic E-state index is 12.1. The van der Waals surface area contributed by atoms with Gasteiger partial charge in [0.1, 0.15) is 49.9 Å². The predicted octanol–water partition coefficient (Wildman–Crippen LogP) is -1.36. The highest BCUT2D eigenvalue weighted by atomic mass is 16.7. The van der Waals surface area contributed by atoms with E-state index in [2.05, 4.69) is 10.3 Å². The monoisotopic (exact) mass is 1150 g/mol. The van der Waals surface area contributed by atoms with E-state index in [0.717, 1.165) is 0 Å². The molecule has 1 saturated heterocycles. The number of rotatable bonds is 56. The third-order valence-corrected chi connectivity index (χ3v) is 10.6. The number of aromatic nitrogens is 3. The van der Waals surface area contributed by atoms with E-state index in [1.165, 1.54) is 12.1 Å². The van der Waals surface area contributed by atoms with Crippen molar-refractivity contribution in [2.75, 3.05) is 226 Å². The van der Waals surface area contributed by atoms with Gasteiger partial charge in [-0.3, -0.25) is 0 Å². The van der Waals surface area contributed by atoms with E-state index in [9.17, 15) is 30.3 Å². The molecule has 79 heavy (non-hydrogen) atoms. The highest BCUT2D eigenvalue weighted by Gasteiger charge is 2.44. The average Bonchev–Trinajstić information content (AvgIpc) is 3.92. The van der Waals surface area contributed by atoms with E-state index >= 15 is 0 Å². The summed E-state index contributed by atoms with van der Waals surface area (Å²) >= 11 is 0. The molecule has 29 heteroatoms. The molecule has 0 unspecified atom stereocenters. The molecule has 0 radical (unpaired) electrons. The number of carboxylic acid groups (broad SMARTS) is 1. The number of methoxy groups -OCH3 is 2. The van der Waals surface area contributed by atoms with Gasteiger partial charge in [0.2, 0.25) is 5.75 Å². The molecule has 1 fully saturated rings. The van der Waals surface area contributed by atoms with Crippen molar-refractivity contribution in [3.8, 4) is 17.2 Å². The van der Waals surface area contributed by atoms with Gasteiger partial charge in [-0.1, -0.05) is 5.21 Å². The average molecular weight is 1150 g/mol. The molecule has 29 nitrogen and oxygen atoms in total. The summed E-state index contributed by atoms with van der Waals surface area (Å²) in [6.07, 6.45) is -5.21. The fraction of sp³-hybridized carbons (Fsp3) is 0.820. The Balaban J connectivity index is 1.26. The lowest BCUT2D eigenvalue weighted by Gasteiger charge is -2.39. The SMILES string of the molecule is COCCOCCOCCOCCOCCOc1cc(C(=O)O)cc(OCCOCCOCCOCCOCCOC)c1OCCOCCOCCOCCOCCOCCn1cc(CO[C@@H]2O[C@@H](CO)[C@H](O)[C@@H](O)[C@H]2O)nn1. The van der Waals surface area contributed by atoms with E-state index in [4.69, 9.17) is 94.7 Å². The van der Waals surface area contributed by atoms with Crippen LogP contribution in [0.4, 0.5) is 0 Å². The van der Waals surface area contributed by atoms with Crippen LogP contribution in [-0.4, -0.2) is 303 Å². The molecule has 1 aromatic carbocycles. The Kier molecular flexibility index (Phi) is 42.3. The highest BCUT2D eigenvalue weighted by molar-refractivity contribution is 5.89. The van der Waals surface area contributed by atoms with Crippen LogP contribution in [-0.2, 0) is 93.7 Å². The molecular formula is C50H87N3O26. The lowest BCUT2D eigenvalue weighted by Crippen LogP contribution is -2.59. The van der Waals surface area contributed by atoms with Gasteiger partial charge in [0.25, 0.3) is 0 Å². The molecule has 0 saturated carbocycles. The van der Waals surface area contributed by atoms with Gasteiger partial charge >= 0.3 is 5.97 Å². The second kappa shape index (κ2) is 48.0. The molecule has 458 valence electrons. The summed E-state index contributed by atoms with van der Waals surface area (Å²) in [5.74, 6) is -0.685. The van der Waals surface area contributed by atoms with Gasteiger partial charge in [-0.15, -0.1) is 5.10 Å². The van der Waals surface area contributed by atoms with Crippen molar-refractivity contribution >= 4 is 5.97 Å². The van der Waals surface area contributed by atoms with E-state index in [-0.39, 0.29) is 75.7 Å². The van der Waals surface area contributed by atoms with E-state index in [0.29, 0.717) is 171 Å². The predicted molar refractivity (Wildman–Crippen MR) is 273 cm³/mol. The molecule has 0 spiro atoms. The molecule has 1 aromatic heterocycles. The fourth-order valence-electron chi connectivity index (χ4n) is 6.52. The molecule has 5 N–H and O–H groups in total. The second-order valence-corrected chi connectivity index (χ2v) is 16.6. The van der Waals surface area contributed by atoms with Crippen molar-refractivity contribution in [2.24, 2.45) is 0 Å². The topological polar surface area (TPSA) is 334 Å². The first-order chi connectivity index (χ1) is 38.8. The summed E-state index contributed by atoms with van der Waals surface area (Å²) in [5.41, 5.74) is 0.372. The van der Waals surface area contributed by atoms with Crippen LogP contribution in [0.2, 0.25) is 0 Å². The van der Waals surface area contributed by atoms with Gasteiger partial charge in [0.15, 0.2) is 17.8 Å². The molecule has 1 aliphatic heterocycles. The Morgan fingerprint density at radius 2 is 0.848 bits per heavy atom. The van der Waals surface area contributed by atoms with Crippen molar-refractivity contribution < 1.29 is 125 Å². The smallest absolute Gasteiger partial charge is 0.335 e. The van der Waals surface area contributed by atoms with Crippen LogP contribution in [0.1, 0.15) is 16.1 Å². The van der Waals surface area contributed by atoms with Crippen LogP contribution >= 0.6 is 0 Å². The quantitative estimate of drug-likeness (QED) is 0.0478. The summed E-state index contributed by atoms with van der Waals surface area (Å²) < 4.78 is 112.